The van der Waals surface area contributed by atoms with Crippen molar-refractivity contribution >= 4 is 151 Å². The Balaban J connectivity index is 0.542. The van der Waals surface area contributed by atoms with Crippen LogP contribution in [-0.2, 0) is 124 Å². The normalized spacial score (nSPS) is 29.1. The molecule has 70 nitrogen and oxygen atoms in total. The van der Waals surface area contributed by atoms with Crippen molar-refractivity contribution in [3.8, 4) is 0 Å². The summed E-state index contributed by atoms with van der Waals surface area (Å²) in [6.45, 7) is -7.36. The molecule has 7 fully saturated rings. The zero-order valence-corrected chi connectivity index (χ0v) is 81.0. The van der Waals surface area contributed by atoms with Crippen molar-refractivity contribution in [2.24, 2.45) is 0 Å². The number of nitrogens with zero attached hydrogens (tertiary/aromatic N) is 19. The SMILES string of the molecule is Nc1ccn([C@H]2C[C@H](OP(=O)(O)OC[C@H]3O[C@@H](n4cnc5c(=O)[nH]c(N)nc54)C[C@@H]3OP(=O)(O)OC[C@H]3O[C@@H](n4ccc5c(N)ncnc54)C[C@@H]3OP(=O)(O)OC[C@H]3O[C@@H](n4ccc5c(N)ncnc54)C[C@@H]3OP(=O)(O)OC[C@H]3O[C@@H](n4cnc5c(=O)[nH]c(N)nc54)C[C@@H]3OP(=O)(O)OC[C@H]3O[C@@H](n4ccc(N)nc4=O)C[C@@H]3OP(=O)(O)OC[C@H]3O[C@@H](n4cnc5c(=O)[nH]c(N)nc54)C[C@@H]3O)[C@@H](COP(=O)(O)O)O2)c(=O)n1. The van der Waals surface area contributed by atoms with Crippen LogP contribution in [0.15, 0.2) is 105 Å². The third kappa shape index (κ3) is 23.4. The van der Waals surface area contributed by atoms with Crippen LogP contribution in [0.1, 0.15) is 88.5 Å². The highest BCUT2D eigenvalue weighted by Crippen LogP contribution is 2.59. The summed E-state index contributed by atoms with van der Waals surface area (Å²) >= 11 is 0. The fourth-order valence-electron chi connectivity index (χ4n) is 17.4. The number of imidazole rings is 3. The molecule has 0 radical (unpaired) electrons. The first kappa shape index (κ1) is 105. The second kappa shape index (κ2) is 41.1. The maximum atomic E-state index is 14.8. The molecule has 19 rings (SSSR count). The molecule has 77 heteroatoms. The Morgan fingerprint density at radius 3 is 0.850 bits per heavy atom. The first-order chi connectivity index (χ1) is 69.6. The third-order valence-corrected chi connectivity index (χ3v) is 30.6. The summed E-state index contributed by atoms with van der Waals surface area (Å²) in [4.78, 5) is 209. The average molecular weight is 2210 g/mol. The number of hydrogen-bond donors (Lipinski definition) is 19. The van der Waals surface area contributed by atoms with Crippen LogP contribution in [-0.4, -0.2) is 283 Å². The van der Waals surface area contributed by atoms with E-state index in [-0.39, 0.29) is 91.2 Å². The number of fused-ring (bicyclic) bond motifs is 5. The van der Waals surface area contributed by atoms with E-state index >= 15 is 0 Å². The van der Waals surface area contributed by atoms with Gasteiger partial charge in [-0.25, -0.2) is 76.4 Å². The Labute approximate surface area is 816 Å². The van der Waals surface area contributed by atoms with Crippen LogP contribution in [0.4, 0.5) is 41.1 Å². The van der Waals surface area contributed by atoms with Gasteiger partial charge < -0.3 is 127 Å². The highest BCUT2D eigenvalue weighted by atomic mass is 31.2. The number of hydrogen-bond acceptors (Lipinski definition) is 52. The predicted molar refractivity (Wildman–Crippen MR) is 485 cm³/mol. The first-order valence-electron chi connectivity index (χ1n) is 43.5. The molecule has 0 aromatic carbocycles. The summed E-state index contributed by atoms with van der Waals surface area (Å²) in [5, 5.41) is 11.6. The Hall–Kier alpha value is -10.9. The van der Waals surface area contributed by atoms with Crippen LogP contribution in [0.2, 0.25) is 0 Å². The number of aromatic nitrogens is 22. The predicted octanol–water partition coefficient (Wildman–Crippen LogP) is -1.64. The van der Waals surface area contributed by atoms with E-state index < -0.39 is 309 Å². The van der Waals surface area contributed by atoms with Gasteiger partial charge in [0.25, 0.3) is 16.7 Å². The van der Waals surface area contributed by atoms with E-state index in [1.54, 1.807) is 0 Å². The molecular weight excluding hydrogens is 2120 g/mol. The quantitative estimate of drug-likeness (QED) is 0.0192. The number of nitrogens with two attached hydrogens (primary N) is 7. The molecule has 12 aromatic heterocycles. The molecule has 147 heavy (non-hydrogen) atoms. The maximum absolute atomic E-state index is 14.8. The average Bonchev–Trinajstić information content (AvgIpc) is 1.62. The van der Waals surface area contributed by atoms with Gasteiger partial charge in [-0.2, -0.15) is 24.9 Å². The minimum Gasteiger partial charge on any atom is -0.390 e. The van der Waals surface area contributed by atoms with E-state index in [9.17, 15) is 100 Å². The van der Waals surface area contributed by atoms with Gasteiger partial charge in [0.1, 0.15) is 170 Å². The minimum atomic E-state index is -5.68. The van der Waals surface area contributed by atoms with Crippen LogP contribution in [0.25, 0.3) is 55.6 Å². The van der Waals surface area contributed by atoms with Crippen LogP contribution in [0.3, 0.4) is 0 Å². The number of aliphatic hydroxyl groups is 1. The fourth-order valence-corrected chi connectivity index (χ4v) is 23.5. The van der Waals surface area contributed by atoms with Gasteiger partial charge in [0.05, 0.1) is 82.1 Å². The molecule has 7 aliphatic heterocycles. The number of ether oxygens (including phenoxy) is 7. The Bertz CT molecular complexity index is 7620. The molecule has 19 heterocycles. The van der Waals surface area contributed by atoms with Crippen LogP contribution in [0.5, 0.6) is 0 Å². The van der Waals surface area contributed by atoms with Crippen molar-refractivity contribution in [3.63, 3.8) is 0 Å². The summed E-state index contributed by atoms with van der Waals surface area (Å²) in [6, 6.07) is 5.40. The Kier molecular flexibility index (Phi) is 29.3. The number of aliphatic hydroxyl groups excluding tert-OH is 1. The standard InChI is InChI=1S/C70H88N29O41P7/c71-44-3-7-95(69(104)85-44)49-12-33(38(131-49)17-121-141(106,107)108)137-145(115,116)127-22-43-35(14-51(134-43)98-26-83-54-61(98)88-67(76)91-64(54)102)139-146(117,118)124-19-40-31(10-47(130-40)93-5-1-28-56(73)78-23-80-58(28)93)135-143(111,112)123-18-39-32(11-48(129-39)94-6-2-29-57(74)79-24-81-59(29)94)136-144(113,114)126-21-42-36(15-52(133-42)99-27-84-55-62(99)89-68(77)92-65(55)103)140-147(119,120)125-20-41-34(13-50(132-41)96-8-4-45(72)86-70(96)105)138-142(109,110)122-16-37-30(100)9-46(128-37)97-25-82-53-60(97)87-66(75)90-63(53)101/h1-8,23-27,30-43,46-52,100H,9-22H2,(H,109,110)(H,111,112)(H,113,114)(H,115,116)(H,117,118)(H,119,120)(H2,71,85,104)(H2,72,86,105)(H2,73,78,80)(H2,74,79,81)(H2,106,107,108)(H3,75,87,90,101)(H3,76,88,91,102)(H3,77,89,92,103)/t30-,31-,32-,33-,34-,35-,36-,37+,38+,39+,40+,41+,42+,43+,46+,47+,48+,49+,50+,51+,52+/m0/s1. The van der Waals surface area contributed by atoms with E-state index in [1.807, 2.05) is 0 Å². The number of rotatable bonds is 40. The number of nitrogens with one attached hydrogen (secondary N) is 3. The summed E-state index contributed by atoms with van der Waals surface area (Å²) in [7, 11) is -38.8. The van der Waals surface area contributed by atoms with Gasteiger partial charge in [-0.1, -0.05) is 0 Å². The molecule has 794 valence electrons. The first-order valence-corrected chi connectivity index (χ1v) is 54.0. The molecule has 7 aliphatic rings. The van der Waals surface area contributed by atoms with Gasteiger partial charge in [0, 0.05) is 69.7 Å². The van der Waals surface area contributed by atoms with Gasteiger partial charge >= 0.3 is 66.1 Å². The number of phosphoric ester groups is 7. The lowest BCUT2D eigenvalue weighted by atomic mass is 10.2. The second-order valence-corrected chi connectivity index (χ2v) is 43.4. The van der Waals surface area contributed by atoms with Gasteiger partial charge in [-0.05, 0) is 24.3 Å². The van der Waals surface area contributed by atoms with Crippen molar-refractivity contribution in [1.82, 2.24) is 107 Å². The van der Waals surface area contributed by atoms with Crippen molar-refractivity contribution in [3.05, 3.63) is 133 Å². The summed E-state index contributed by atoms with van der Waals surface area (Å²) in [5.41, 5.74) is 36.2. The van der Waals surface area contributed by atoms with E-state index in [2.05, 4.69) is 79.3 Å². The Morgan fingerprint density at radius 1 is 0.313 bits per heavy atom. The van der Waals surface area contributed by atoms with E-state index in [1.165, 1.54) is 56.7 Å². The van der Waals surface area contributed by atoms with Crippen LogP contribution >= 0.6 is 54.8 Å². The van der Waals surface area contributed by atoms with Gasteiger partial charge in [-0.15, -0.1) is 0 Å². The highest BCUT2D eigenvalue weighted by molar-refractivity contribution is 7.49. The Morgan fingerprint density at radius 2 is 0.565 bits per heavy atom. The minimum absolute atomic E-state index is 0.000651. The third-order valence-electron chi connectivity index (χ3n) is 24.0. The molecule has 12 aromatic rings. The lowest BCUT2D eigenvalue weighted by molar-refractivity contribution is -0.0645. The molecule has 27 atom stereocenters. The second-order valence-electron chi connectivity index (χ2n) is 33.7. The van der Waals surface area contributed by atoms with E-state index in [0.717, 1.165) is 56.0 Å². The van der Waals surface area contributed by atoms with E-state index in [0.29, 0.717) is 0 Å². The molecule has 26 N–H and O–H groups in total. The molecule has 0 saturated carbocycles. The van der Waals surface area contributed by atoms with Crippen molar-refractivity contribution in [2.75, 3.05) is 86.4 Å². The summed E-state index contributed by atoms with van der Waals surface area (Å²) in [5.74, 6) is -1.49. The number of H-pyrrole nitrogens is 3. The zero-order chi connectivity index (χ0) is 104. The van der Waals surface area contributed by atoms with Crippen molar-refractivity contribution in [2.45, 2.75) is 174 Å². The molecule has 0 amide bonds. The molecule has 0 aliphatic carbocycles. The fraction of sp³-hybridized carbons (Fsp3) is 0.500. The molecule has 0 spiro atoms. The molecular formula is C70H88N29O41P7. The topological polar surface area (TPSA) is 990 Å². The molecule has 6 unspecified atom stereocenters. The maximum Gasteiger partial charge on any atom is 0.472 e. The lowest BCUT2D eigenvalue weighted by Crippen LogP contribution is -2.32. The van der Waals surface area contributed by atoms with E-state index in [4.69, 9.17) is 128 Å². The number of aromatic amines is 3. The highest BCUT2D eigenvalue weighted by Gasteiger charge is 2.54. The van der Waals surface area contributed by atoms with Crippen molar-refractivity contribution in [1.29, 1.82) is 0 Å². The van der Waals surface area contributed by atoms with Gasteiger partial charge in [0.2, 0.25) is 17.8 Å². The van der Waals surface area contributed by atoms with Gasteiger partial charge in [0.15, 0.2) is 33.5 Å². The smallest absolute Gasteiger partial charge is 0.390 e. The lowest BCUT2D eigenvalue weighted by Gasteiger charge is -2.26. The monoisotopic (exact) mass is 2210 g/mol. The molecule has 7 saturated heterocycles. The van der Waals surface area contributed by atoms with Crippen molar-refractivity contribution < 1.29 is 168 Å². The van der Waals surface area contributed by atoms with Gasteiger partial charge in [-0.3, -0.25) is 111 Å². The van der Waals surface area contributed by atoms with Crippen LogP contribution < -0.4 is 68.2 Å². The number of anilines is 7. The number of nitrogen functional groups attached to an aromatic ring is 7. The summed E-state index contributed by atoms with van der Waals surface area (Å²) < 4.78 is 221. The largest absolute Gasteiger partial charge is 0.472 e. The van der Waals surface area contributed by atoms with Crippen LogP contribution in [0, 0.1) is 0 Å². The summed E-state index contributed by atoms with van der Waals surface area (Å²) in [6.07, 6.45) is -25.4. The molecule has 0 bridgehead atoms. The zero-order valence-electron chi connectivity index (χ0n) is 74.8. The number of phosphoric acid groups is 7.